The Morgan fingerprint density at radius 2 is 1.97 bits per heavy atom. The summed E-state index contributed by atoms with van der Waals surface area (Å²) in [6, 6.07) is 11.9. The highest BCUT2D eigenvalue weighted by atomic mass is 16.5. The van der Waals surface area contributed by atoms with Gasteiger partial charge in [0.2, 0.25) is 0 Å². The lowest BCUT2D eigenvalue weighted by atomic mass is 9.76. The number of para-hydroxylation sites is 2. The van der Waals surface area contributed by atoms with Crippen molar-refractivity contribution in [2.45, 2.75) is 37.3 Å². The number of allylic oxidation sites excluding steroid dienone is 2. The monoisotopic (exact) mass is 393 g/mol. The van der Waals surface area contributed by atoms with Crippen LogP contribution in [0.4, 0.5) is 5.69 Å². The fourth-order valence-corrected chi connectivity index (χ4v) is 4.93. The Balaban J connectivity index is 1.50. The fourth-order valence-electron chi connectivity index (χ4n) is 4.93. The first-order valence-corrected chi connectivity index (χ1v) is 10.4. The molecule has 2 aromatic carbocycles. The van der Waals surface area contributed by atoms with Crippen LogP contribution >= 0.6 is 0 Å². The molecule has 2 heterocycles. The maximum atomic E-state index is 10.8. The van der Waals surface area contributed by atoms with Gasteiger partial charge in [-0.15, -0.1) is 0 Å². The van der Waals surface area contributed by atoms with E-state index in [1.807, 2.05) is 18.2 Å². The number of hydrogen-bond donors (Lipinski definition) is 2. The van der Waals surface area contributed by atoms with Gasteiger partial charge < -0.3 is 24.6 Å². The van der Waals surface area contributed by atoms with Crippen molar-refractivity contribution in [1.82, 2.24) is 0 Å². The third-order valence-electron chi connectivity index (χ3n) is 6.39. The molecule has 0 amide bonds. The number of hydrogen-bond acceptors (Lipinski definition) is 5. The van der Waals surface area contributed by atoms with Crippen molar-refractivity contribution in [1.29, 1.82) is 0 Å². The van der Waals surface area contributed by atoms with Crippen LogP contribution in [0.15, 0.2) is 48.6 Å². The molecule has 0 radical (unpaired) electrons. The Labute approximate surface area is 171 Å². The predicted octanol–water partition coefficient (Wildman–Crippen LogP) is 4.79. The molecule has 0 bridgehead atoms. The highest BCUT2D eigenvalue weighted by Gasteiger charge is 2.40. The highest BCUT2D eigenvalue weighted by Crippen LogP contribution is 2.54. The number of nitrogens with one attached hydrogen (secondary N) is 1. The van der Waals surface area contributed by atoms with Crippen LogP contribution in [0.2, 0.25) is 0 Å². The molecule has 3 aliphatic rings. The molecule has 1 aliphatic carbocycles. The van der Waals surface area contributed by atoms with Gasteiger partial charge in [0.25, 0.3) is 0 Å². The zero-order chi connectivity index (χ0) is 19.8. The third-order valence-corrected chi connectivity index (χ3v) is 6.39. The van der Waals surface area contributed by atoms with E-state index in [4.69, 9.17) is 14.2 Å². The molecule has 0 saturated carbocycles. The van der Waals surface area contributed by atoms with Crippen LogP contribution in [0, 0.1) is 5.92 Å². The quantitative estimate of drug-likeness (QED) is 0.716. The molecule has 5 heteroatoms. The molecule has 2 aliphatic heterocycles. The second kappa shape index (κ2) is 7.64. The summed E-state index contributed by atoms with van der Waals surface area (Å²) >= 11 is 0. The maximum Gasteiger partial charge on any atom is 0.163 e. The predicted molar refractivity (Wildman–Crippen MR) is 112 cm³/mol. The van der Waals surface area contributed by atoms with Crippen LogP contribution in [0.1, 0.15) is 42.3 Å². The summed E-state index contributed by atoms with van der Waals surface area (Å²) in [7, 11) is 1.58. The number of benzene rings is 2. The van der Waals surface area contributed by atoms with Crippen molar-refractivity contribution in [2.24, 2.45) is 5.92 Å². The van der Waals surface area contributed by atoms with Crippen LogP contribution in [0.3, 0.4) is 0 Å². The molecule has 4 unspecified atom stereocenters. The first-order chi connectivity index (χ1) is 14.3. The summed E-state index contributed by atoms with van der Waals surface area (Å²) in [5, 5.41) is 14.5. The summed E-state index contributed by atoms with van der Waals surface area (Å²) in [5.74, 6) is 2.20. The molecule has 4 atom stereocenters. The first-order valence-electron chi connectivity index (χ1n) is 10.4. The van der Waals surface area contributed by atoms with Gasteiger partial charge in [-0.2, -0.15) is 0 Å². The van der Waals surface area contributed by atoms with Gasteiger partial charge in [0.1, 0.15) is 12.4 Å². The van der Waals surface area contributed by atoms with E-state index in [0.717, 1.165) is 42.9 Å². The molecule has 0 aromatic heterocycles. The van der Waals surface area contributed by atoms with Crippen LogP contribution in [-0.2, 0) is 4.74 Å². The molecule has 2 aromatic rings. The van der Waals surface area contributed by atoms with Crippen molar-refractivity contribution in [3.63, 3.8) is 0 Å². The van der Waals surface area contributed by atoms with Crippen molar-refractivity contribution < 1.29 is 19.3 Å². The minimum atomic E-state index is -0.0231. The molecule has 2 N–H and O–H groups in total. The van der Waals surface area contributed by atoms with Crippen molar-refractivity contribution in [3.05, 3.63) is 59.7 Å². The van der Waals surface area contributed by atoms with E-state index in [9.17, 15) is 5.11 Å². The Kier molecular flexibility index (Phi) is 4.84. The Morgan fingerprint density at radius 1 is 1.14 bits per heavy atom. The lowest BCUT2D eigenvalue weighted by molar-refractivity contribution is 0.0681. The molecule has 29 heavy (non-hydrogen) atoms. The Morgan fingerprint density at radius 3 is 2.76 bits per heavy atom. The summed E-state index contributed by atoms with van der Waals surface area (Å²) in [4.78, 5) is 0. The van der Waals surface area contributed by atoms with Gasteiger partial charge in [0, 0.05) is 18.1 Å². The maximum absolute atomic E-state index is 10.8. The number of rotatable bonds is 5. The van der Waals surface area contributed by atoms with Crippen LogP contribution in [0.5, 0.6) is 17.2 Å². The standard InChI is InChI=1S/C24H27NO4/c1-27-21-12-4-10-19(24(21)26)22-17-8-2-7-16(17)18-9-3-11-20(23(18)25-22)29-14-15-6-5-13-28-15/h2-4,7,9-12,15-17,22,25-26H,5-6,8,13-14H2,1H3. The molecule has 1 fully saturated rings. The van der Waals surface area contributed by atoms with Crippen LogP contribution in [-0.4, -0.2) is 31.5 Å². The van der Waals surface area contributed by atoms with E-state index >= 15 is 0 Å². The number of aromatic hydroxyl groups is 1. The average Bonchev–Trinajstić information content (AvgIpc) is 3.44. The van der Waals surface area contributed by atoms with Gasteiger partial charge >= 0.3 is 0 Å². The SMILES string of the molecule is COc1cccc(C2Nc3c(OCC4CCCO4)cccc3C3C=CCC32)c1O. The van der Waals surface area contributed by atoms with Gasteiger partial charge in [0.15, 0.2) is 11.5 Å². The summed E-state index contributed by atoms with van der Waals surface area (Å²) in [5.41, 5.74) is 3.14. The molecule has 5 rings (SSSR count). The molecular formula is C24H27NO4. The fraction of sp³-hybridized carbons (Fsp3) is 0.417. The van der Waals surface area contributed by atoms with Crippen molar-refractivity contribution in [2.75, 3.05) is 25.6 Å². The average molecular weight is 393 g/mol. The van der Waals surface area contributed by atoms with E-state index in [0.29, 0.717) is 24.2 Å². The second-order valence-electron chi connectivity index (χ2n) is 8.04. The van der Waals surface area contributed by atoms with E-state index in [1.54, 1.807) is 13.2 Å². The number of fused-ring (bicyclic) bond motifs is 3. The minimum absolute atomic E-state index is 0.0231. The summed E-state index contributed by atoms with van der Waals surface area (Å²) in [6.45, 7) is 1.39. The van der Waals surface area contributed by atoms with E-state index in [1.165, 1.54) is 5.56 Å². The summed E-state index contributed by atoms with van der Waals surface area (Å²) in [6.07, 6.45) is 7.83. The number of phenols is 1. The number of phenolic OH excluding ortho intramolecular Hbond substituents is 1. The topological polar surface area (TPSA) is 60.0 Å². The minimum Gasteiger partial charge on any atom is -0.504 e. The summed E-state index contributed by atoms with van der Waals surface area (Å²) < 4.78 is 17.3. The Hall–Kier alpha value is -2.66. The molecule has 152 valence electrons. The Bertz CT molecular complexity index is 919. The second-order valence-corrected chi connectivity index (χ2v) is 8.04. The lowest BCUT2D eigenvalue weighted by Gasteiger charge is -2.38. The molecule has 5 nitrogen and oxygen atoms in total. The number of methoxy groups -OCH3 is 1. The van der Waals surface area contributed by atoms with Gasteiger partial charge in [-0.1, -0.05) is 36.4 Å². The van der Waals surface area contributed by atoms with Gasteiger partial charge in [-0.25, -0.2) is 0 Å². The van der Waals surface area contributed by atoms with Crippen LogP contribution in [0.25, 0.3) is 0 Å². The van der Waals surface area contributed by atoms with E-state index < -0.39 is 0 Å². The lowest BCUT2D eigenvalue weighted by Crippen LogP contribution is -2.29. The highest BCUT2D eigenvalue weighted by molar-refractivity contribution is 5.68. The third kappa shape index (κ3) is 3.23. The van der Waals surface area contributed by atoms with E-state index in [2.05, 4.69) is 29.6 Å². The molecular weight excluding hydrogens is 366 g/mol. The van der Waals surface area contributed by atoms with Gasteiger partial charge in [-0.05, 0) is 42.9 Å². The zero-order valence-corrected chi connectivity index (χ0v) is 16.6. The molecule has 0 spiro atoms. The van der Waals surface area contributed by atoms with Gasteiger partial charge in [-0.3, -0.25) is 0 Å². The molecule has 1 saturated heterocycles. The number of anilines is 1. The van der Waals surface area contributed by atoms with Crippen LogP contribution < -0.4 is 14.8 Å². The number of ether oxygens (including phenoxy) is 3. The smallest absolute Gasteiger partial charge is 0.163 e. The van der Waals surface area contributed by atoms with Gasteiger partial charge in [0.05, 0.1) is 24.9 Å². The van der Waals surface area contributed by atoms with Crippen molar-refractivity contribution >= 4 is 5.69 Å². The van der Waals surface area contributed by atoms with Crippen molar-refractivity contribution in [3.8, 4) is 17.2 Å². The van der Waals surface area contributed by atoms with E-state index in [-0.39, 0.29) is 17.9 Å². The first kappa shape index (κ1) is 18.4. The largest absolute Gasteiger partial charge is 0.504 e. The normalized spacial score (nSPS) is 27.2. The zero-order valence-electron chi connectivity index (χ0n) is 16.6.